The van der Waals surface area contributed by atoms with Crippen LogP contribution in [0.1, 0.15) is 32.3 Å². The Hall–Kier alpha value is -2.61. The van der Waals surface area contributed by atoms with Crippen LogP contribution < -0.4 is 5.82 Å². The minimum absolute atomic E-state index is 0.0159. The van der Waals surface area contributed by atoms with Gasteiger partial charge in [-0.05, 0) is 26.0 Å². The van der Waals surface area contributed by atoms with Crippen LogP contribution >= 0.6 is 0 Å². The number of rotatable bonds is 3. The molecule has 0 amide bonds. The van der Waals surface area contributed by atoms with E-state index in [1.807, 2.05) is 13.8 Å². The van der Waals surface area contributed by atoms with Crippen LogP contribution in [0, 0.1) is 17.0 Å². The lowest BCUT2D eigenvalue weighted by atomic mass is 10.2. The average Bonchev–Trinajstić information content (AvgIpc) is 2.79. The summed E-state index contributed by atoms with van der Waals surface area (Å²) in [6, 6.07) is 5.04. The third-order valence-corrected chi connectivity index (χ3v) is 2.38. The molecule has 8 nitrogen and oxygen atoms in total. The van der Waals surface area contributed by atoms with Crippen molar-refractivity contribution in [3.05, 3.63) is 56.5 Å². The molecule has 0 aliphatic carbocycles. The van der Waals surface area contributed by atoms with Crippen molar-refractivity contribution < 1.29 is 24.0 Å². The Kier molecular flexibility index (Phi) is 9.02. The number of nitrogens with zero attached hydrogens (tertiary/aromatic N) is 1. The number of benzene rings is 1. The summed E-state index contributed by atoms with van der Waals surface area (Å²) < 4.78 is 9.22. The van der Waals surface area contributed by atoms with Crippen LogP contribution in [0.25, 0.3) is 0 Å². The maximum absolute atomic E-state index is 10.5. The maximum Gasteiger partial charge on any atom is 0.519 e. The molecule has 0 fully saturated rings. The number of aliphatic hydroxyl groups excluding tert-OH is 1. The molecule has 0 saturated heterocycles. The van der Waals surface area contributed by atoms with E-state index >= 15 is 0 Å². The summed E-state index contributed by atoms with van der Waals surface area (Å²) in [4.78, 5) is 20.0. The van der Waals surface area contributed by atoms with E-state index in [0.29, 0.717) is 17.9 Å². The van der Waals surface area contributed by atoms with Crippen LogP contribution in [0.2, 0.25) is 0 Å². The number of aromatic hydroxyl groups is 1. The van der Waals surface area contributed by atoms with Crippen LogP contribution in [0.4, 0.5) is 5.69 Å². The van der Waals surface area contributed by atoms with Gasteiger partial charge in [0.2, 0.25) is 0 Å². The van der Waals surface area contributed by atoms with E-state index in [0.717, 1.165) is 0 Å². The lowest BCUT2D eigenvalue weighted by molar-refractivity contribution is -0.384. The summed E-state index contributed by atoms with van der Waals surface area (Å²) in [5, 5.41) is 27.7. The molecule has 1 unspecified atom stereocenters. The molecule has 1 atom stereocenters. The summed E-state index contributed by atoms with van der Waals surface area (Å²) in [5.41, 5.74) is -0.0159. The van der Waals surface area contributed by atoms with Gasteiger partial charge in [-0.3, -0.25) is 10.1 Å². The fourth-order valence-corrected chi connectivity index (χ4v) is 1.40. The molecule has 0 saturated carbocycles. The zero-order valence-corrected chi connectivity index (χ0v) is 13.5. The quantitative estimate of drug-likeness (QED) is 0.655. The van der Waals surface area contributed by atoms with Gasteiger partial charge in [0.15, 0.2) is 5.76 Å². The van der Waals surface area contributed by atoms with Gasteiger partial charge in [-0.15, -0.1) is 0 Å². The monoisotopic (exact) mass is 327 g/mol. The second-order valence-electron chi connectivity index (χ2n) is 4.26. The molecule has 2 aromatic rings. The number of hydrogen-bond donors (Lipinski definition) is 2. The van der Waals surface area contributed by atoms with Gasteiger partial charge in [-0.2, -0.15) is 0 Å². The molecule has 1 heterocycles. The molecule has 2 N–H and O–H groups in total. The van der Waals surface area contributed by atoms with Gasteiger partial charge in [0, 0.05) is 18.6 Å². The Labute approximate surface area is 133 Å². The topological polar surface area (TPSA) is 127 Å². The molecule has 0 spiro atoms. The first-order chi connectivity index (χ1) is 10.8. The number of aryl methyl sites for hydroxylation is 1. The van der Waals surface area contributed by atoms with Gasteiger partial charge in [-0.1, -0.05) is 13.8 Å². The zero-order valence-electron chi connectivity index (χ0n) is 13.5. The normalized spacial score (nSPS) is 10.7. The van der Waals surface area contributed by atoms with Crippen molar-refractivity contribution >= 4 is 5.69 Å². The van der Waals surface area contributed by atoms with Gasteiger partial charge in [0.1, 0.15) is 11.5 Å². The molecule has 2 rings (SSSR count). The van der Waals surface area contributed by atoms with Crippen molar-refractivity contribution in [1.82, 2.24) is 0 Å². The van der Waals surface area contributed by atoms with Gasteiger partial charge < -0.3 is 19.0 Å². The highest BCUT2D eigenvalue weighted by molar-refractivity contribution is 5.34. The van der Waals surface area contributed by atoms with E-state index in [4.69, 9.17) is 10.2 Å². The van der Waals surface area contributed by atoms with Crippen molar-refractivity contribution in [2.75, 3.05) is 0 Å². The van der Waals surface area contributed by atoms with Crippen LogP contribution in [0.5, 0.6) is 5.75 Å². The molecule has 0 aliphatic heterocycles. The molecule has 0 radical (unpaired) electrons. The highest BCUT2D eigenvalue weighted by atomic mass is 16.6. The first kappa shape index (κ1) is 20.4. The number of phenolic OH excluding ortho intramolecular Hbond substituents is 1. The summed E-state index contributed by atoms with van der Waals surface area (Å²) in [6.07, 6.45) is -0.202. The van der Waals surface area contributed by atoms with Gasteiger partial charge in [0.05, 0.1) is 11.0 Å². The van der Waals surface area contributed by atoms with E-state index < -0.39 is 16.8 Å². The highest BCUT2D eigenvalue weighted by Crippen LogP contribution is 2.15. The molecule has 1 aromatic carbocycles. The second-order valence-corrected chi connectivity index (χ2v) is 4.26. The Morgan fingerprint density at radius 3 is 2.09 bits per heavy atom. The highest BCUT2D eigenvalue weighted by Gasteiger charge is 2.10. The first-order valence-corrected chi connectivity index (χ1v) is 7.00. The van der Waals surface area contributed by atoms with E-state index in [9.17, 15) is 14.9 Å². The fourth-order valence-electron chi connectivity index (χ4n) is 1.40. The number of phenols is 1. The molecule has 0 aliphatic rings. The van der Waals surface area contributed by atoms with Crippen molar-refractivity contribution in [3.8, 4) is 5.75 Å². The number of aliphatic hydroxyl groups is 1. The van der Waals surface area contributed by atoms with E-state index in [1.165, 1.54) is 24.3 Å². The van der Waals surface area contributed by atoms with Crippen molar-refractivity contribution in [2.45, 2.75) is 40.2 Å². The van der Waals surface area contributed by atoms with Gasteiger partial charge in [0.25, 0.3) is 5.69 Å². The SMILES string of the molecule is CC.Cc1oc(=O)oc1CC(C)O.O=[N+]([O-])c1ccc(O)cc1. The standard InChI is InChI=1S/C7H10O4.C6H5NO3.C2H6/c1-4(8)3-6-5(2)10-7(9)11-6;8-6-3-1-5(2-4-6)7(9)10;1-2/h4,8H,3H2,1-2H3;1-4,8H;1-2H3. The first-order valence-electron chi connectivity index (χ1n) is 7.00. The fraction of sp³-hybridized carbons (Fsp3) is 0.400. The van der Waals surface area contributed by atoms with E-state index in [-0.39, 0.29) is 11.4 Å². The Balaban J connectivity index is 0.000000381. The second kappa shape index (κ2) is 10.2. The van der Waals surface area contributed by atoms with E-state index in [1.54, 1.807) is 13.8 Å². The number of nitro benzene ring substituents is 1. The molecular weight excluding hydrogens is 306 g/mol. The van der Waals surface area contributed by atoms with Crippen LogP contribution in [-0.2, 0) is 6.42 Å². The van der Waals surface area contributed by atoms with Gasteiger partial charge >= 0.3 is 5.82 Å². The molecule has 23 heavy (non-hydrogen) atoms. The summed E-state index contributed by atoms with van der Waals surface area (Å²) >= 11 is 0. The lowest BCUT2D eigenvalue weighted by Crippen LogP contribution is -2.04. The number of nitro groups is 1. The summed E-state index contributed by atoms with van der Waals surface area (Å²) in [7, 11) is 0. The number of non-ortho nitro benzene ring substituents is 1. The summed E-state index contributed by atoms with van der Waals surface area (Å²) in [5.74, 6) is 0.185. The predicted octanol–water partition coefficient (Wildman–Crippen LogP) is 2.79. The molecule has 128 valence electrons. The molecule has 0 bridgehead atoms. The largest absolute Gasteiger partial charge is 0.519 e. The van der Waals surface area contributed by atoms with Crippen molar-refractivity contribution in [2.24, 2.45) is 0 Å². The minimum Gasteiger partial charge on any atom is -0.508 e. The Morgan fingerprint density at radius 1 is 1.22 bits per heavy atom. The lowest BCUT2D eigenvalue weighted by Gasteiger charge is -1.97. The average molecular weight is 327 g/mol. The Morgan fingerprint density at radius 2 is 1.74 bits per heavy atom. The predicted molar refractivity (Wildman–Crippen MR) is 83.5 cm³/mol. The smallest absolute Gasteiger partial charge is 0.508 e. The number of hydrogen-bond acceptors (Lipinski definition) is 7. The Bertz CT molecular complexity index is 641. The maximum atomic E-state index is 10.5. The van der Waals surface area contributed by atoms with E-state index in [2.05, 4.69) is 8.83 Å². The zero-order chi connectivity index (χ0) is 18.0. The molecule has 8 heteroatoms. The van der Waals surface area contributed by atoms with Crippen molar-refractivity contribution in [3.63, 3.8) is 0 Å². The molecular formula is C15H21NO7. The minimum atomic E-state index is -0.710. The molecule has 1 aromatic heterocycles. The third kappa shape index (κ3) is 7.82. The van der Waals surface area contributed by atoms with Crippen LogP contribution in [0.3, 0.4) is 0 Å². The van der Waals surface area contributed by atoms with Gasteiger partial charge in [-0.25, -0.2) is 4.79 Å². The third-order valence-electron chi connectivity index (χ3n) is 2.38. The summed E-state index contributed by atoms with van der Waals surface area (Å²) in [6.45, 7) is 7.25. The van der Waals surface area contributed by atoms with Crippen LogP contribution in [0.15, 0.2) is 37.9 Å². The van der Waals surface area contributed by atoms with Crippen molar-refractivity contribution in [1.29, 1.82) is 0 Å². The van der Waals surface area contributed by atoms with Crippen LogP contribution in [-0.4, -0.2) is 21.2 Å².